The first-order valence-electron chi connectivity index (χ1n) is 7.29. The first kappa shape index (κ1) is 14.2. The number of hydrogen-bond donors (Lipinski definition) is 1. The van der Waals surface area contributed by atoms with E-state index in [4.69, 9.17) is 17.3 Å². The maximum Gasteiger partial charge on any atom is 0.245 e. The van der Waals surface area contributed by atoms with E-state index < -0.39 is 0 Å². The van der Waals surface area contributed by atoms with Crippen LogP contribution in [0.5, 0.6) is 0 Å². The second kappa shape index (κ2) is 5.56. The lowest BCUT2D eigenvalue weighted by atomic mass is 10.1. The average molecular weight is 307 g/mol. The molecule has 1 unspecified atom stereocenters. The van der Waals surface area contributed by atoms with Crippen molar-refractivity contribution < 1.29 is 4.79 Å². The third kappa shape index (κ3) is 2.58. The molecule has 0 radical (unpaired) electrons. The van der Waals surface area contributed by atoms with Gasteiger partial charge in [-0.05, 0) is 44.4 Å². The summed E-state index contributed by atoms with van der Waals surface area (Å²) < 4.78 is 1.79. The molecule has 1 aliphatic rings. The van der Waals surface area contributed by atoms with Gasteiger partial charge in [0.05, 0.1) is 11.0 Å². The Bertz CT molecular complexity index is 676. The van der Waals surface area contributed by atoms with Gasteiger partial charge in [-0.2, -0.15) is 0 Å². The largest absolute Gasteiger partial charge is 0.369 e. The summed E-state index contributed by atoms with van der Waals surface area (Å²) in [5, 5.41) is 0.613. The standard InChI is InChI=1S/C15H19ClN4O/c1-10(14(21)19-7-3-2-4-8-19)20-13-6-5-11(16)9-12(13)18-15(20)17/h5-6,9-10H,2-4,7-8H2,1H3,(H2,17,18). The monoisotopic (exact) mass is 306 g/mol. The van der Waals surface area contributed by atoms with Crippen LogP contribution in [0.3, 0.4) is 0 Å². The van der Waals surface area contributed by atoms with Crippen LogP contribution in [0.25, 0.3) is 11.0 Å². The van der Waals surface area contributed by atoms with Gasteiger partial charge in [0.25, 0.3) is 0 Å². The predicted molar refractivity (Wildman–Crippen MR) is 84.3 cm³/mol. The molecule has 1 aromatic heterocycles. The normalized spacial score (nSPS) is 17.1. The van der Waals surface area contributed by atoms with Crippen LogP contribution in [0, 0.1) is 0 Å². The second-order valence-corrected chi connectivity index (χ2v) is 5.97. The Balaban J connectivity index is 1.95. The summed E-state index contributed by atoms with van der Waals surface area (Å²) in [6.45, 7) is 3.55. The Morgan fingerprint density at radius 2 is 2.05 bits per heavy atom. The molecule has 1 fully saturated rings. The number of halogens is 1. The summed E-state index contributed by atoms with van der Waals surface area (Å²) >= 11 is 5.98. The Morgan fingerprint density at radius 1 is 1.33 bits per heavy atom. The van der Waals surface area contributed by atoms with Crippen molar-refractivity contribution in [1.82, 2.24) is 14.5 Å². The number of imidazole rings is 1. The number of benzene rings is 1. The third-order valence-electron chi connectivity index (χ3n) is 4.09. The van der Waals surface area contributed by atoms with Crippen LogP contribution in [-0.2, 0) is 4.79 Å². The number of anilines is 1. The van der Waals surface area contributed by atoms with Crippen molar-refractivity contribution in [2.75, 3.05) is 18.8 Å². The summed E-state index contributed by atoms with van der Waals surface area (Å²) in [5.41, 5.74) is 7.57. The van der Waals surface area contributed by atoms with E-state index >= 15 is 0 Å². The molecule has 2 aromatic rings. The number of likely N-dealkylation sites (tertiary alicyclic amines) is 1. The zero-order valence-electron chi connectivity index (χ0n) is 12.1. The van der Waals surface area contributed by atoms with Gasteiger partial charge in [0.1, 0.15) is 6.04 Å². The molecular formula is C15H19ClN4O. The SMILES string of the molecule is CC(C(=O)N1CCCCC1)n1c(N)nc2cc(Cl)ccc21. The van der Waals surface area contributed by atoms with E-state index in [0.29, 0.717) is 11.0 Å². The van der Waals surface area contributed by atoms with Gasteiger partial charge in [-0.1, -0.05) is 11.6 Å². The van der Waals surface area contributed by atoms with Crippen LogP contribution in [0.2, 0.25) is 5.02 Å². The van der Waals surface area contributed by atoms with Gasteiger partial charge in [-0.15, -0.1) is 0 Å². The van der Waals surface area contributed by atoms with Crippen LogP contribution < -0.4 is 5.73 Å². The Labute approximate surface area is 128 Å². The number of piperidine rings is 1. The fourth-order valence-electron chi connectivity index (χ4n) is 2.99. The molecule has 1 atom stereocenters. The van der Waals surface area contributed by atoms with E-state index in [1.807, 2.05) is 17.9 Å². The molecule has 2 N–H and O–H groups in total. The van der Waals surface area contributed by atoms with Gasteiger partial charge in [0.15, 0.2) is 0 Å². The maximum absolute atomic E-state index is 12.7. The van der Waals surface area contributed by atoms with Crippen molar-refractivity contribution in [3.05, 3.63) is 23.2 Å². The lowest BCUT2D eigenvalue weighted by Crippen LogP contribution is -2.39. The zero-order valence-corrected chi connectivity index (χ0v) is 12.8. The Morgan fingerprint density at radius 3 is 2.76 bits per heavy atom. The molecule has 2 heterocycles. The number of nitrogens with zero attached hydrogens (tertiary/aromatic N) is 3. The molecule has 1 aromatic carbocycles. The first-order chi connectivity index (χ1) is 10.1. The summed E-state index contributed by atoms with van der Waals surface area (Å²) in [7, 11) is 0. The molecular weight excluding hydrogens is 288 g/mol. The zero-order chi connectivity index (χ0) is 15.0. The number of carbonyl (C=O) groups excluding carboxylic acids is 1. The number of carbonyl (C=O) groups is 1. The highest BCUT2D eigenvalue weighted by atomic mass is 35.5. The minimum Gasteiger partial charge on any atom is -0.369 e. The van der Waals surface area contributed by atoms with E-state index in [0.717, 1.165) is 37.0 Å². The van der Waals surface area contributed by atoms with Crippen molar-refractivity contribution in [3.63, 3.8) is 0 Å². The number of fused-ring (bicyclic) bond motifs is 1. The summed E-state index contributed by atoms with van der Waals surface area (Å²) in [6.07, 6.45) is 3.36. The van der Waals surface area contributed by atoms with Crippen LogP contribution in [0.1, 0.15) is 32.2 Å². The molecule has 0 spiro atoms. The molecule has 5 nitrogen and oxygen atoms in total. The minimum atomic E-state index is -0.353. The van der Waals surface area contributed by atoms with Gasteiger partial charge in [0.2, 0.25) is 11.9 Å². The third-order valence-corrected chi connectivity index (χ3v) is 4.33. The van der Waals surface area contributed by atoms with Gasteiger partial charge in [-0.25, -0.2) is 4.98 Å². The fraction of sp³-hybridized carbons (Fsp3) is 0.467. The highest BCUT2D eigenvalue weighted by molar-refractivity contribution is 6.31. The van der Waals surface area contributed by atoms with Crippen molar-refractivity contribution in [1.29, 1.82) is 0 Å². The molecule has 1 amide bonds. The number of nitrogens with two attached hydrogens (primary N) is 1. The second-order valence-electron chi connectivity index (χ2n) is 5.53. The van der Waals surface area contributed by atoms with Crippen molar-refractivity contribution >= 4 is 34.5 Å². The highest BCUT2D eigenvalue weighted by Crippen LogP contribution is 2.26. The van der Waals surface area contributed by atoms with E-state index in [-0.39, 0.29) is 11.9 Å². The molecule has 1 saturated heterocycles. The molecule has 0 bridgehead atoms. The van der Waals surface area contributed by atoms with E-state index in [2.05, 4.69) is 4.98 Å². The van der Waals surface area contributed by atoms with Crippen molar-refractivity contribution in [3.8, 4) is 0 Å². The summed E-state index contributed by atoms with van der Waals surface area (Å²) in [5.74, 6) is 0.459. The average Bonchev–Trinajstić information content (AvgIpc) is 2.81. The maximum atomic E-state index is 12.7. The van der Waals surface area contributed by atoms with Crippen LogP contribution in [0.4, 0.5) is 5.95 Å². The van der Waals surface area contributed by atoms with Crippen LogP contribution >= 0.6 is 11.6 Å². The van der Waals surface area contributed by atoms with Gasteiger partial charge < -0.3 is 10.6 Å². The molecule has 0 aliphatic carbocycles. The van der Waals surface area contributed by atoms with Gasteiger partial charge in [0, 0.05) is 18.1 Å². The van der Waals surface area contributed by atoms with E-state index in [1.54, 1.807) is 16.7 Å². The lowest BCUT2D eigenvalue weighted by Gasteiger charge is -2.30. The highest BCUT2D eigenvalue weighted by Gasteiger charge is 2.26. The van der Waals surface area contributed by atoms with Crippen LogP contribution in [-0.4, -0.2) is 33.4 Å². The van der Waals surface area contributed by atoms with Gasteiger partial charge in [-0.3, -0.25) is 9.36 Å². The number of aromatic nitrogens is 2. The molecule has 6 heteroatoms. The molecule has 21 heavy (non-hydrogen) atoms. The summed E-state index contributed by atoms with van der Waals surface area (Å²) in [4.78, 5) is 18.9. The molecule has 0 saturated carbocycles. The number of rotatable bonds is 2. The quantitative estimate of drug-likeness (QED) is 0.928. The number of nitrogen functional groups attached to an aromatic ring is 1. The smallest absolute Gasteiger partial charge is 0.245 e. The van der Waals surface area contributed by atoms with E-state index in [1.165, 1.54) is 6.42 Å². The molecule has 112 valence electrons. The first-order valence-corrected chi connectivity index (χ1v) is 7.67. The van der Waals surface area contributed by atoms with Crippen molar-refractivity contribution in [2.24, 2.45) is 0 Å². The molecule has 3 rings (SSSR count). The fourth-order valence-corrected chi connectivity index (χ4v) is 3.15. The van der Waals surface area contributed by atoms with Gasteiger partial charge >= 0.3 is 0 Å². The Hall–Kier alpha value is -1.75. The van der Waals surface area contributed by atoms with E-state index in [9.17, 15) is 4.79 Å². The van der Waals surface area contributed by atoms with Crippen molar-refractivity contribution in [2.45, 2.75) is 32.2 Å². The molecule has 1 aliphatic heterocycles. The Kier molecular flexibility index (Phi) is 3.76. The van der Waals surface area contributed by atoms with Crippen LogP contribution in [0.15, 0.2) is 18.2 Å². The predicted octanol–water partition coefficient (Wildman–Crippen LogP) is 2.85. The summed E-state index contributed by atoms with van der Waals surface area (Å²) in [6, 6.07) is 5.07. The number of amides is 1. The lowest BCUT2D eigenvalue weighted by molar-refractivity contribution is -0.135. The minimum absolute atomic E-state index is 0.107. The topological polar surface area (TPSA) is 64.2 Å². The number of hydrogen-bond acceptors (Lipinski definition) is 3.